The molecule has 3 aromatic carbocycles. The Morgan fingerprint density at radius 2 is 1.71 bits per heavy atom. The average molecular weight is 320 g/mol. The summed E-state index contributed by atoms with van der Waals surface area (Å²) in [6.45, 7) is 0.897. The van der Waals surface area contributed by atoms with Crippen LogP contribution in [0.5, 0.6) is 5.75 Å². The van der Waals surface area contributed by atoms with E-state index in [1.807, 2.05) is 60.7 Å². The second-order valence-electron chi connectivity index (χ2n) is 5.56. The Kier molecular flexibility index (Phi) is 5.08. The largest absolute Gasteiger partial charge is 0.497 e. The van der Waals surface area contributed by atoms with Crippen LogP contribution in [0, 0.1) is 0 Å². The van der Waals surface area contributed by atoms with E-state index < -0.39 is 0 Å². The fourth-order valence-electron chi connectivity index (χ4n) is 2.54. The van der Waals surface area contributed by atoms with Crippen molar-refractivity contribution in [3.63, 3.8) is 0 Å². The zero-order valence-corrected chi connectivity index (χ0v) is 13.6. The number of methoxy groups -OCH3 is 1. The molecule has 1 amide bonds. The molecule has 0 aromatic heterocycles. The molecule has 3 rings (SSSR count). The van der Waals surface area contributed by atoms with Gasteiger partial charge in [0.15, 0.2) is 0 Å². The van der Waals surface area contributed by atoms with Gasteiger partial charge in [-0.2, -0.15) is 0 Å². The van der Waals surface area contributed by atoms with Gasteiger partial charge in [0.25, 0.3) is 0 Å². The Morgan fingerprint density at radius 1 is 0.958 bits per heavy atom. The number of rotatable bonds is 6. The molecule has 0 atom stereocenters. The van der Waals surface area contributed by atoms with Crippen LogP contribution < -0.4 is 15.4 Å². The zero-order chi connectivity index (χ0) is 16.8. The van der Waals surface area contributed by atoms with Crippen LogP contribution in [-0.2, 0) is 11.3 Å². The standard InChI is InChI=1S/C20H20N2O2/c1-24-19-10-6-15(7-11-19)13-21-14-20(23)22-18-9-8-16-4-2-3-5-17(16)12-18/h2-12,21H,13-14H2,1H3,(H,22,23). The molecular formula is C20H20N2O2. The smallest absolute Gasteiger partial charge is 0.238 e. The summed E-state index contributed by atoms with van der Waals surface area (Å²) in [6, 6.07) is 21.8. The maximum atomic E-state index is 12.0. The van der Waals surface area contributed by atoms with Crippen molar-refractivity contribution >= 4 is 22.4 Å². The number of benzene rings is 3. The first-order valence-electron chi connectivity index (χ1n) is 7.87. The van der Waals surface area contributed by atoms with E-state index in [9.17, 15) is 4.79 Å². The molecule has 24 heavy (non-hydrogen) atoms. The van der Waals surface area contributed by atoms with Crippen LogP contribution in [0.4, 0.5) is 5.69 Å². The Hall–Kier alpha value is -2.85. The lowest BCUT2D eigenvalue weighted by Gasteiger charge is -2.08. The third-order valence-electron chi connectivity index (χ3n) is 3.81. The minimum atomic E-state index is -0.0567. The van der Waals surface area contributed by atoms with E-state index >= 15 is 0 Å². The second kappa shape index (κ2) is 7.62. The van der Waals surface area contributed by atoms with E-state index in [1.54, 1.807) is 7.11 Å². The van der Waals surface area contributed by atoms with Crippen LogP contribution in [0.2, 0.25) is 0 Å². The average Bonchev–Trinajstić information content (AvgIpc) is 2.62. The first-order valence-corrected chi connectivity index (χ1v) is 7.87. The number of carbonyl (C=O) groups excluding carboxylic acids is 1. The van der Waals surface area contributed by atoms with Crippen LogP contribution in [0.3, 0.4) is 0 Å². The second-order valence-corrected chi connectivity index (χ2v) is 5.56. The van der Waals surface area contributed by atoms with E-state index in [4.69, 9.17) is 4.74 Å². The summed E-state index contributed by atoms with van der Waals surface area (Å²) in [5.41, 5.74) is 1.92. The highest BCUT2D eigenvalue weighted by Gasteiger charge is 2.03. The molecule has 0 fully saturated rings. The Bertz CT molecular complexity index is 828. The lowest BCUT2D eigenvalue weighted by atomic mass is 10.1. The third-order valence-corrected chi connectivity index (χ3v) is 3.81. The quantitative estimate of drug-likeness (QED) is 0.730. The molecule has 4 heteroatoms. The molecule has 0 spiro atoms. The van der Waals surface area contributed by atoms with Gasteiger partial charge in [0.05, 0.1) is 13.7 Å². The zero-order valence-electron chi connectivity index (χ0n) is 13.6. The SMILES string of the molecule is COc1ccc(CNCC(=O)Nc2ccc3ccccc3c2)cc1. The van der Waals surface area contributed by atoms with Crippen LogP contribution in [0.25, 0.3) is 10.8 Å². The van der Waals surface area contributed by atoms with Gasteiger partial charge in [0.2, 0.25) is 5.91 Å². The minimum absolute atomic E-state index is 0.0567. The molecule has 0 heterocycles. The number of nitrogens with one attached hydrogen (secondary N) is 2. The van der Waals surface area contributed by atoms with Crippen molar-refractivity contribution in [2.45, 2.75) is 6.54 Å². The van der Waals surface area contributed by atoms with Crippen LogP contribution >= 0.6 is 0 Å². The summed E-state index contributed by atoms with van der Waals surface area (Å²) in [4.78, 5) is 12.0. The van der Waals surface area contributed by atoms with E-state index in [0.29, 0.717) is 6.54 Å². The van der Waals surface area contributed by atoms with Gasteiger partial charge in [-0.05, 0) is 40.6 Å². The monoisotopic (exact) mass is 320 g/mol. The van der Waals surface area contributed by atoms with E-state index in [1.165, 1.54) is 0 Å². The van der Waals surface area contributed by atoms with Crippen LogP contribution in [0.1, 0.15) is 5.56 Å². The highest BCUT2D eigenvalue weighted by Crippen LogP contribution is 2.18. The van der Waals surface area contributed by atoms with Gasteiger partial charge in [-0.15, -0.1) is 0 Å². The normalized spacial score (nSPS) is 10.5. The number of ether oxygens (including phenoxy) is 1. The molecule has 3 aromatic rings. The molecule has 0 aliphatic heterocycles. The fourth-order valence-corrected chi connectivity index (χ4v) is 2.54. The van der Waals surface area contributed by atoms with Crippen molar-refractivity contribution in [2.24, 2.45) is 0 Å². The van der Waals surface area contributed by atoms with Crippen molar-refractivity contribution in [2.75, 3.05) is 19.0 Å². The van der Waals surface area contributed by atoms with Crippen LogP contribution in [0.15, 0.2) is 66.7 Å². The number of hydrogen-bond acceptors (Lipinski definition) is 3. The maximum Gasteiger partial charge on any atom is 0.238 e. The fraction of sp³-hybridized carbons (Fsp3) is 0.150. The number of fused-ring (bicyclic) bond motifs is 1. The molecule has 0 saturated carbocycles. The molecule has 0 aliphatic carbocycles. The number of hydrogen-bond donors (Lipinski definition) is 2. The molecule has 122 valence electrons. The van der Waals surface area contributed by atoms with Gasteiger partial charge in [-0.1, -0.05) is 42.5 Å². The molecule has 0 saturated heterocycles. The molecule has 0 bridgehead atoms. The Balaban J connectivity index is 1.51. The summed E-state index contributed by atoms with van der Waals surface area (Å²) >= 11 is 0. The minimum Gasteiger partial charge on any atom is -0.497 e. The van der Waals surface area contributed by atoms with E-state index in [2.05, 4.69) is 16.7 Å². The maximum absolute atomic E-state index is 12.0. The van der Waals surface area contributed by atoms with Gasteiger partial charge >= 0.3 is 0 Å². The van der Waals surface area contributed by atoms with Gasteiger partial charge in [0.1, 0.15) is 5.75 Å². The van der Waals surface area contributed by atoms with Gasteiger partial charge in [-0.25, -0.2) is 0 Å². The summed E-state index contributed by atoms with van der Waals surface area (Å²) in [7, 11) is 1.64. The molecular weight excluding hydrogens is 300 g/mol. The number of amides is 1. The molecule has 4 nitrogen and oxygen atoms in total. The number of carbonyl (C=O) groups is 1. The van der Waals surface area contributed by atoms with Crippen molar-refractivity contribution in [3.8, 4) is 5.75 Å². The summed E-state index contributed by atoms with van der Waals surface area (Å²) in [6.07, 6.45) is 0. The lowest BCUT2D eigenvalue weighted by molar-refractivity contribution is -0.115. The summed E-state index contributed by atoms with van der Waals surface area (Å²) < 4.78 is 5.12. The molecule has 0 radical (unpaired) electrons. The van der Waals surface area contributed by atoms with Gasteiger partial charge < -0.3 is 15.4 Å². The van der Waals surface area contributed by atoms with Crippen molar-refractivity contribution in [3.05, 3.63) is 72.3 Å². The van der Waals surface area contributed by atoms with Crippen LogP contribution in [-0.4, -0.2) is 19.6 Å². The first kappa shape index (κ1) is 16.0. The molecule has 2 N–H and O–H groups in total. The van der Waals surface area contributed by atoms with E-state index in [-0.39, 0.29) is 12.5 Å². The molecule has 0 aliphatic rings. The highest BCUT2D eigenvalue weighted by atomic mass is 16.5. The topological polar surface area (TPSA) is 50.4 Å². The number of anilines is 1. The highest BCUT2D eigenvalue weighted by molar-refractivity contribution is 5.95. The molecule has 0 unspecified atom stereocenters. The van der Waals surface area contributed by atoms with Crippen molar-refractivity contribution in [1.29, 1.82) is 0 Å². The van der Waals surface area contributed by atoms with Crippen molar-refractivity contribution < 1.29 is 9.53 Å². The third kappa shape index (κ3) is 4.12. The van der Waals surface area contributed by atoms with Gasteiger partial charge in [-0.3, -0.25) is 4.79 Å². The van der Waals surface area contributed by atoms with Gasteiger partial charge in [0, 0.05) is 12.2 Å². The predicted octanol–water partition coefficient (Wildman–Crippen LogP) is 3.58. The lowest BCUT2D eigenvalue weighted by Crippen LogP contribution is -2.27. The van der Waals surface area contributed by atoms with Crippen molar-refractivity contribution in [1.82, 2.24) is 5.32 Å². The van der Waals surface area contributed by atoms with E-state index in [0.717, 1.165) is 27.8 Å². The summed E-state index contributed by atoms with van der Waals surface area (Å²) in [5, 5.41) is 8.33. The summed E-state index contributed by atoms with van der Waals surface area (Å²) in [5.74, 6) is 0.770. The predicted molar refractivity (Wildman–Crippen MR) is 97.3 cm³/mol. The Labute approximate surface area is 141 Å². The first-order chi connectivity index (χ1) is 11.7. The Morgan fingerprint density at radius 3 is 2.46 bits per heavy atom.